The number of nitrogens with one attached hydrogen (secondary N) is 1. The maximum absolute atomic E-state index is 12.7. The SMILES string of the molecule is CC(C)CCNC(=O)c1ncn2c1CCC(C(=O)N1CCCCC1)C2. The first-order valence-electron chi connectivity index (χ1n) is 9.67. The molecule has 0 bridgehead atoms. The van der Waals surface area contributed by atoms with Crippen molar-refractivity contribution in [1.29, 1.82) is 0 Å². The van der Waals surface area contributed by atoms with Crippen molar-refractivity contribution in [3.8, 4) is 0 Å². The lowest BCUT2D eigenvalue weighted by atomic mass is 9.94. The topological polar surface area (TPSA) is 67.2 Å². The fourth-order valence-corrected chi connectivity index (χ4v) is 3.79. The van der Waals surface area contributed by atoms with Gasteiger partial charge in [0, 0.05) is 26.2 Å². The highest BCUT2D eigenvalue weighted by Crippen LogP contribution is 2.25. The van der Waals surface area contributed by atoms with Crippen LogP contribution in [0.25, 0.3) is 0 Å². The van der Waals surface area contributed by atoms with E-state index in [2.05, 4.69) is 24.1 Å². The first kappa shape index (κ1) is 18.0. The van der Waals surface area contributed by atoms with Crippen molar-refractivity contribution in [1.82, 2.24) is 19.8 Å². The highest BCUT2D eigenvalue weighted by molar-refractivity contribution is 5.93. The molecule has 25 heavy (non-hydrogen) atoms. The van der Waals surface area contributed by atoms with Gasteiger partial charge in [-0.3, -0.25) is 9.59 Å². The second kappa shape index (κ2) is 8.02. The molecule has 1 atom stereocenters. The van der Waals surface area contributed by atoms with Crippen molar-refractivity contribution in [2.24, 2.45) is 11.8 Å². The van der Waals surface area contributed by atoms with Crippen LogP contribution in [-0.2, 0) is 17.8 Å². The fourth-order valence-electron chi connectivity index (χ4n) is 3.79. The molecule has 2 aliphatic heterocycles. The van der Waals surface area contributed by atoms with Crippen LogP contribution in [-0.4, -0.2) is 45.9 Å². The summed E-state index contributed by atoms with van der Waals surface area (Å²) in [5.74, 6) is 0.784. The number of rotatable bonds is 5. The molecule has 6 nitrogen and oxygen atoms in total. The van der Waals surface area contributed by atoms with Gasteiger partial charge >= 0.3 is 0 Å². The van der Waals surface area contributed by atoms with E-state index in [-0.39, 0.29) is 17.7 Å². The molecule has 138 valence electrons. The van der Waals surface area contributed by atoms with Gasteiger partial charge in [0.2, 0.25) is 5.91 Å². The van der Waals surface area contributed by atoms with Gasteiger partial charge in [-0.2, -0.15) is 0 Å². The van der Waals surface area contributed by atoms with E-state index in [4.69, 9.17) is 0 Å². The third-order valence-corrected chi connectivity index (χ3v) is 5.33. The normalized spacial score (nSPS) is 20.4. The molecule has 1 saturated heterocycles. The molecule has 1 N–H and O–H groups in total. The molecular formula is C19H30N4O2. The van der Waals surface area contributed by atoms with Gasteiger partial charge in [-0.05, 0) is 44.4 Å². The van der Waals surface area contributed by atoms with Gasteiger partial charge in [0.1, 0.15) is 5.69 Å². The number of hydrogen-bond acceptors (Lipinski definition) is 3. The van der Waals surface area contributed by atoms with E-state index in [0.29, 0.717) is 24.7 Å². The van der Waals surface area contributed by atoms with Crippen LogP contribution in [0.5, 0.6) is 0 Å². The number of imidazole rings is 1. The summed E-state index contributed by atoms with van der Waals surface area (Å²) in [5, 5.41) is 2.96. The number of likely N-dealkylation sites (tertiary alicyclic amines) is 1. The van der Waals surface area contributed by atoms with Crippen molar-refractivity contribution in [3.05, 3.63) is 17.7 Å². The number of carbonyl (C=O) groups excluding carboxylic acids is 2. The minimum atomic E-state index is -0.0878. The van der Waals surface area contributed by atoms with Crippen molar-refractivity contribution in [3.63, 3.8) is 0 Å². The number of hydrogen-bond donors (Lipinski definition) is 1. The summed E-state index contributed by atoms with van der Waals surface area (Å²) in [6.07, 6.45) is 7.72. The highest BCUT2D eigenvalue weighted by atomic mass is 16.2. The van der Waals surface area contributed by atoms with Crippen LogP contribution in [0.3, 0.4) is 0 Å². The second-order valence-corrected chi connectivity index (χ2v) is 7.75. The number of amides is 2. The van der Waals surface area contributed by atoms with E-state index in [1.807, 2.05) is 9.47 Å². The number of carbonyl (C=O) groups is 2. The van der Waals surface area contributed by atoms with Crippen molar-refractivity contribution in [2.75, 3.05) is 19.6 Å². The summed E-state index contributed by atoms with van der Waals surface area (Å²) in [6, 6.07) is 0. The number of piperidine rings is 1. The van der Waals surface area contributed by atoms with Crippen molar-refractivity contribution < 1.29 is 9.59 Å². The zero-order valence-electron chi connectivity index (χ0n) is 15.5. The van der Waals surface area contributed by atoms with E-state index in [9.17, 15) is 9.59 Å². The monoisotopic (exact) mass is 346 g/mol. The van der Waals surface area contributed by atoms with Gasteiger partial charge in [-0.15, -0.1) is 0 Å². The van der Waals surface area contributed by atoms with E-state index < -0.39 is 0 Å². The largest absolute Gasteiger partial charge is 0.351 e. The average Bonchev–Trinajstić information content (AvgIpc) is 3.04. The van der Waals surface area contributed by atoms with Crippen LogP contribution in [0.1, 0.15) is 62.1 Å². The number of nitrogens with zero attached hydrogens (tertiary/aromatic N) is 3. The minimum Gasteiger partial charge on any atom is -0.351 e. The molecule has 6 heteroatoms. The fraction of sp³-hybridized carbons (Fsp3) is 0.737. The van der Waals surface area contributed by atoms with Crippen LogP contribution in [0, 0.1) is 11.8 Å². The molecule has 0 saturated carbocycles. The quantitative estimate of drug-likeness (QED) is 0.889. The molecule has 1 fully saturated rings. The standard InChI is InChI=1S/C19H30N4O2/c1-14(2)8-9-20-18(24)17-16-7-6-15(12-23(16)13-21-17)19(25)22-10-4-3-5-11-22/h13-15H,3-12H2,1-2H3,(H,20,24). The minimum absolute atomic E-state index is 0.0247. The van der Waals surface area contributed by atoms with Gasteiger partial charge in [-0.25, -0.2) is 4.98 Å². The Morgan fingerprint density at radius 3 is 2.76 bits per heavy atom. The van der Waals surface area contributed by atoms with Gasteiger partial charge in [0.05, 0.1) is 17.9 Å². The van der Waals surface area contributed by atoms with E-state index in [0.717, 1.165) is 50.9 Å². The molecule has 1 aromatic rings. The molecule has 1 unspecified atom stereocenters. The molecule has 0 aliphatic carbocycles. The molecule has 0 spiro atoms. The zero-order valence-corrected chi connectivity index (χ0v) is 15.5. The lowest BCUT2D eigenvalue weighted by Gasteiger charge is -2.32. The van der Waals surface area contributed by atoms with Crippen molar-refractivity contribution >= 4 is 11.8 Å². The predicted molar refractivity (Wildman–Crippen MR) is 96.3 cm³/mol. The van der Waals surface area contributed by atoms with Gasteiger partial charge < -0.3 is 14.8 Å². The molecular weight excluding hydrogens is 316 g/mol. The summed E-state index contributed by atoms with van der Waals surface area (Å²) in [7, 11) is 0. The second-order valence-electron chi connectivity index (χ2n) is 7.75. The summed E-state index contributed by atoms with van der Waals surface area (Å²) in [4.78, 5) is 31.4. The Morgan fingerprint density at radius 1 is 1.28 bits per heavy atom. The smallest absolute Gasteiger partial charge is 0.271 e. The van der Waals surface area contributed by atoms with E-state index in [1.165, 1.54) is 6.42 Å². The molecule has 2 aliphatic rings. The molecule has 0 radical (unpaired) electrons. The van der Waals surface area contributed by atoms with E-state index in [1.54, 1.807) is 6.33 Å². The molecule has 0 aromatic carbocycles. The highest BCUT2D eigenvalue weighted by Gasteiger charge is 2.31. The molecule has 3 rings (SSSR count). The predicted octanol–water partition coefficient (Wildman–Crippen LogP) is 2.23. The third kappa shape index (κ3) is 4.22. The van der Waals surface area contributed by atoms with Crippen LogP contribution in [0.15, 0.2) is 6.33 Å². The summed E-state index contributed by atoms with van der Waals surface area (Å²) >= 11 is 0. The van der Waals surface area contributed by atoms with Crippen molar-refractivity contribution in [2.45, 2.75) is 58.9 Å². The first-order valence-corrected chi connectivity index (χ1v) is 9.67. The van der Waals surface area contributed by atoms with Gasteiger partial charge in [0.15, 0.2) is 0 Å². The summed E-state index contributed by atoms with van der Waals surface area (Å²) in [5.41, 5.74) is 1.51. The summed E-state index contributed by atoms with van der Waals surface area (Å²) in [6.45, 7) is 7.41. The zero-order chi connectivity index (χ0) is 17.8. The Hall–Kier alpha value is -1.85. The average molecular weight is 346 g/mol. The summed E-state index contributed by atoms with van der Waals surface area (Å²) < 4.78 is 2.01. The number of aromatic nitrogens is 2. The third-order valence-electron chi connectivity index (χ3n) is 5.33. The van der Waals surface area contributed by atoms with E-state index >= 15 is 0 Å². The maximum atomic E-state index is 12.7. The number of fused-ring (bicyclic) bond motifs is 1. The Morgan fingerprint density at radius 2 is 2.04 bits per heavy atom. The van der Waals surface area contributed by atoms with Crippen LogP contribution in [0.4, 0.5) is 0 Å². The molecule has 3 heterocycles. The molecule has 2 amide bonds. The van der Waals surface area contributed by atoms with Crippen LogP contribution < -0.4 is 5.32 Å². The Labute approximate surface area is 150 Å². The van der Waals surface area contributed by atoms with Crippen LogP contribution in [0.2, 0.25) is 0 Å². The lowest BCUT2D eigenvalue weighted by molar-refractivity contribution is -0.137. The Bertz CT molecular complexity index is 617. The van der Waals surface area contributed by atoms with Crippen LogP contribution >= 0.6 is 0 Å². The Balaban J connectivity index is 1.60. The maximum Gasteiger partial charge on any atom is 0.271 e. The Kier molecular flexibility index (Phi) is 5.76. The first-order chi connectivity index (χ1) is 12.1. The molecule has 1 aromatic heterocycles. The van der Waals surface area contributed by atoms with Gasteiger partial charge in [0.25, 0.3) is 5.91 Å². The van der Waals surface area contributed by atoms with Gasteiger partial charge in [-0.1, -0.05) is 13.8 Å². The lowest BCUT2D eigenvalue weighted by Crippen LogP contribution is -2.42.